The fourth-order valence-corrected chi connectivity index (χ4v) is 3.10. The first-order chi connectivity index (χ1) is 13.1. The molecule has 0 radical (unpaired) electrons. The van der Waals surface area contributed by atoms with E-state index in [4.69, 9.17) is 9.15 Å². The molecule has 1 fully saturated rings. The van der Waals surface area contributed by atoms with Gasteiger partial charge in [-0.1, -0.05) is 37.3 Å². The summed E-state index contributed by atoms with van der Waals surface area (Å²) in [6, 6.07) is 17.6. The van der Waals surface area contributed by atoms with Gasteiger partial charge in [0, 0.05) is 5.92 Å². The Hall–Kier alpha value is -3.08. The minimum absolute atomic E-state index is 0.318. The second kappa shape index (κ2) is 7.27. The van der Waals surface area contributed by atoms with E-state index in [1.54, 1.807) is 6.92 Å². The van der Waals surface area contributed by atoms with Gasteiger partial charge in [-0.2, -0.15) is 5.10 Å². The lowest BCUT2D eigenvalue weighted by Gasteiger charge is -2.13. The van der Waals surface area contributed by atoms with Gasteiger partial charge in [-0.25, -0.2) is 5.43 Å². The minimum atomic E-state index is -0.664. The van der Waals surface area contributed by atoms with Crippen molar-refractivity contribution in [2.45, 2.75) is 32.3 Å². The van der Waals surface area contributed by atoms with Gasteiger partial charge in [-0.05, 0) is 54.3 Å². The molecule has 1 aliphatic carbocycles. The minimum Gasteiger partial charge on any atom is -0.481 e. The average molecular weight is 362 g/mol. The molecule has 27 heavy (non-hydrogen) atoms. The molecule has 0 aliphatic heterocycles. The van der Waals surface area contributed by atoms with E-state index in [0.29, 0.717) is 23.3 Å². The predicted octanol–water partition coefficient (Wildman–Crippen LogP) is 4.47. The molecule has 1 aromatic heterocycles. The van der Waals surface area contributed by atoms with E-state index in [1.165, 1.54) is 12.6 Å². The third kappa shape index (κ3) is 4.03. The number of nitrogens with zero attached hydrogens (tertiary/aromatic N) is 1. The summed E-state index contributed by atoms with van der Waals surface area (Å²) in [4.78, 5) is 12.2. The molecule has 0 spiro atoms. The third-order valence-electron chi connectivity index (χ3n) is 4.89. The zero-order chi connectivity index (χ0) is 18.8. The Labute approximate surface area is 158 Å². The number of benzene rings is 2. The first-order valence-corrected chi connectivity index (χ1v) is 9.18. The summed E-state index contributed by atoms with van der Waals surface area (Å²) in [6.07, 6.45) is 2.02. The Morgan fingerprint density at radius 3 is 2.78 bits per heavy atom. The van der Waals surface area contributed by atoms with Crippen LogP contribution in [0.3, 0.4) is 0 Å². The Morgan fingerprint density at radius 2 is 2.00 bits per heavy atom. The second-order valence-corrected chi connectivity index (χ2v) is 7.06. The molecule has 4 rings (SSSR count). The molecular formula is C22H22N2O3. The lowest BCUT2D eigenvalue weighted by Crippen LogP contribution is -2.33. The van der Waals surface area contributed by atoms with Crippen LogP contribution in [0.4, 0.5) is 0 Å². The number of hydrogen-bond donors (Lipinski definition) is 1. The highest BCUT2D eigenvalue weighted by molar-refractivity contribution is 5.85. The van der Waals surface area contributed by atoms with Crippen molar-refractivity contribution in [2.75, 3.05) is 0 Å². The summed E-state index contributed by atoms with van der Waals surface area (Å²) < 4.78 is 11.5. The normalized spacial score (nSPS) is 19.9. The number of carbonyl (C=O) groups is 1. The largest absolute Gasteiger partial charge is 0.481 e. The predicted molar refractivity (Wildman–Crippen MR) is 105 cm³/mol. The number of ether oxygens (including phenoxy) is 1. The van der Waals surface area contributed by atoms with Gasteiger partial charge < -0.3 is 9.15 Å². The van der Waals surface area contributed by atoms with Crippen LogP contribution >= 0.6 is 0 Å². The lowest BCUT2D eigenvalue weighted by molar-refractivity contribution is -0.127. The van der Waals surface area contributed by atoms with Gasteiger partial charge in [0.15, 0.2) is 6.10 Å². The molecule has 1 N–H and O–H groups in total. The van der Waals surface area contributed by atoms with Gasteiger partial charge in [0.2, 0.25) is 0 Å². The number of amides is 1. The summed E-state index contributed by atoms with van der Waals surface area (Å²) in [5.74, 6) is 3.17. The molecule has 1 aliphatic rings. The maximum atomic E-state index is 12.2. The van der Waals surface area contributed by atoms with E-state index >= 15 is 0 Å². The Kier molecular flexibility index (Phi) is 4.67. The van der Waals surface area contributed by atoms with E-state index in [2.05, 4.69) is 17.5 Å². The van der Waals surface area contributed by atoms with Gasteiger partial charge in [0.25, 0.3) is 5.91 Å². The Bertz CT molecular complexity index is 992. The van der Waals surface area contributed by atoms with Gasteiger partial charge in [-0.15, -0.1) is 0 Å². The van der Waals surface area contributed by atoms with Gasteiger partial charge in [0.05, 0.1) is 6.21 Å². The molecule has 3 aromatic rings. The molecule has 0 saturated heterocycles. The number of nitrogens with one attached hydrogen (secondary N) is 1. The quantitative estimate of drug-likeness (QED) is 0.520. The average Bonchev–Trinajstić information content (AvgIpc) is 3.22. The van der Waals surface area contributed by atoms with E-state index in [9.17, 15) is 4.79 Å². The standard InChI is InChI=1S/C22H22N2O3/c1-14-11-20(14)21-10-9-19(27-21)13-23-24-22(25)15(2)26-18-8-7-16-5-3-4-6-17(16)12-18/h3-10,12-15,20H,11H2,1-2H3,(H,24,25)/b23-13-/t14-,15+,20+/m0/s1. The molecule has 0 bridgehead atoms. The number of hydrogen-bond acceptors (Lipinski definition) is 4. The molecule has 2 aromatic carbocycles. The summed E-state index contributed by atoms with van der Waals surface area (Å²) in [5.41, 5.74) is 2.50. The summed E-state index contributed by atoms with van der Waals surface area (Å²) >= 11 is 0. The summed E-state index contributed by atoms with van der Waals surface area (Å²) in [5, 5.41) is 6.17. The van der Waals surface area contributed by atoms with Gasteiger partial charge in [0.1, 0.15) is 17.3 Å². The molecule has 138 valence electrons. The first kappa shape index (κ1) is 17.3. The smallest absolute Gasteiger partial charge is 0.280 e. The highest BCUT2D eigenvalue weighted by atomic mass is 16.5. The van der Waals surface area contributed by atoms with Crippen molar-refractivity contribution in [3.05, 3.63) is 66.1 Å². The Balaban J connectivity index is 1.32. The maximum Gasteiger partial charge on any atom is 0.280 e. The van der Waals surface area contributed by atoms with Crippen LogP contribution in [0.5, 0.6) is 5.75 Å². The van der Waals surface area contributed by atoms with E-state index in [1.807, 2.05) is 54.6 Å². The number of furan rings is 1. The van der Waals surface area contributed by atoms with Crippen molar-refractivity contribution in [3.63, 3.8) is 0 Å². The van der Waals surface area contributed by atoms with Crippen molar-refractivity contribution in [1.82, 2.24) is 5.43 Å². The third-order valence-corrected chi connectivity index (χ3v) is 4.89. The molecule has 3 atom stereocenters. The highest BCUT2D eigenvalue weighted by Crippen LogP contribution is 2.47. The monoisotopic (exact) mass is 362 g/mol. The van der Waals surface area contributed by atoms with Crippen LogP contribution in [0.1, 0.15) is 37.7 Å². The van der Waals surface area contributed by atoms with E-state index in [0.717, 1.165) is 16.5 Å². The van der Waals surface area contributed by atoms with E-state index in [-0.39, 0.29) is 5.91 Å². The maximum absolute atomic E-state index is 12.2. The van der Waals surface area contributed by atoms with Crippen LogP contribution in [0, 0.1) is 5.92 Å². The topological polar surface area (TPSA) is 63.8 Å². The second-order valence-electron chi connectivity index (χ2n) is 7.06. The summed E-state index contributed by atoms with van der Waals surface area (Å²) in [6.45, 7) is 3.90. The number of carbonyl (C=O) groups excluding carboxylic acids is 1. The van der Waals surface area contributed by atoms with Gasteiger partial charge >= 0.3 is 0 Å². The van der Waals surface area contributed by atoms with Crippen molar-refractivity contribution < 1.29 is 13.9 Å². The van der Waals surface area contributed by atoms with Gasteiger partial charge in [-0.3, -0.25) is 4.79 Å². The van der Waals surface area contributed by atoms with Crippen molar-refractivity contribution in [3.8, 4) is 5.75 Å². The number of fused-ring (bicyclic) bond motifs is 1. The molecular weight excluding hydrogens is 340 g/mol. The lowest BCUT2D eigenvalue weighted by atomic mass is 10.1. The zero-order valence-electron chi connectivity index (χ0n) is 15.4. The summed E-state index contributed by atoms with van der Waals surface area (Å²) in [7, 11) is 0. The van der Waals surface area contributed by atoms with Crippen LogP contribution in [0.15, 0.2) is 64.1 Å². The molecule has 5 nitrogen and oxygen atoms in total. The number of hydrazone groups is 1. The van der Waals surface area contributed by atoms with Crippen molar-refractivity contribution in [2.24, 2.45) is 11.0 Å². The SMILES string of the molecule is C[C@@H](Oc1ccc2ccccc2c1)C(=O)N/N=C\c1ccc([C@@H]2C[C@@H]2C)o1. The molecule has 1 amide bonds. The van der Waals surface area contributed by atoms with Crippen LogP contribution < -0.4 is 10.2 Å². The molecule has 0 unspecified atom stereocenters. The highest BCUT2D eigenvalue weighted by Gasteiger charge is 2.36. The zero-order valence-corrected chi connectivity index (χ0v) is 15.4. The Morgan fingerprint density at radius 1 is 1.22 bits per heavy atom. The van der Waals surface area contributed by atoms with Crippen molar-refractivity contribution >= 4 is 22.9 Å². The molecule has 1 heterocycles. The number of rotatable bonds is 6. The van der Waals surface area contributed by atoms with E-state index < -0.39 is 6.10 Å². The fraction of sp³-hybridized carbons (Fsp3) is 0.273. The fourth-order valence-electron chi connectivity index (χ4n) is 3.10. The van der Waals surface area contributed by atoms with Crippen molar-refractivity contribution in [1.29, 1.82) is 0 Å². The van der Waals surface area contributed by atoms with Crippen LogP contribution in [0.25, 0.3) is 10.8 Å². The van der Waals surface area contributed by atoms with Crippen LogP contribution in [0.2, 0.25) is 0 Å². The molecule has 5 heteroatoms. The molecule has 1 saturated carbocycles. The van der Waals surface area contributed by atoms with Crippen LogP contribution in [-0.2, 0) is 4.79 Å². The first-order valence-electron chi connectivity index (χ1n) is 9.18. The van der Waals surface area contributed by atoms with Crippen LogP contribution in [-0.4, -0.2) is 18.2 Å².